The van der Waals surface area contributed by atoms with E-state index in [1.807, 2.05) is 9.80 Å². The molecule has 1 N–H and O–H groups in total. The molecule has 0 unspecified atom stereocenters. The fraction of sp³-hybridized carbons (Fsp3) is 0.882. The molecule has 0 aromatic rings. The molecule has 2 aliphatic rings. The largest absolute Gasteiger partial charge is 0.406 e. The van der Waals surface area contributed by atoms with E-state index in [2.05, 4.69) is 5.32 Å². The Morgan fingerprint density at radius 1 is 1.08 bits per heavy atom. The fourth-order valence-corrected chi connectivity index (χ4v) is 3.01. The maximum Gasteiger partial charge on any atom is 0.406 e. The first-order valence-electron chi connectivity index (χ1n) is 9.21. The fourth-order valence-electron chi connectivity index (χ4n) is 3.01. The highest BCUT2D eigenvalue weighted by molar-refractivity contribution is 5.79. The molecule has 0 atom stereocenters. The van der Waals surface area contributed by atoms with E-state index in [-0.39, 0.29) is 24.9 Å². The maximum atomic E-state index is 12.7. The number of halogens is 3. The predicted octanol–water partition coefficient (Wildman–Crippen LogP) is 0.930. The van der Waals surface area contributed by atoms with Crippen molar-refractivity contribution < 1.29 is 22.8 Å². The predicted molar refractivity (Wildman–Crippen MR) is 91.5 cm³/mol. The van der Waals surface area contributed by atoms with Gasteiger partial charge in [0.05, 0.1) is 13.1 Å². The van der Waals surface area contributed by atoms with Crippen LogP contribution in [0.1, 0.15) is 26.7 Å². The number of alkyl halides is 3. The molecule has 150 valence electrons. The molecular weight excluding hydrogens is 349 g/mol. The van der Waals surface area contributed by atoms with Gasteiger partial charge in [0.2, 0.25) is 11.8 Å². The van der Waals surface area contributed by atoms with Crippen LogP contribution in [0.25, 0.3) is 0 Å². The van der Waals surface area contributed by atoms with Gasteiger partial charge in [-0.15, -0.1) is 0 Å². The first-order chi connectivity index (χ1) is 12.1. The number of carbonyl (C=O) groups excluding carboxylic acids is 2. The van der Waals surface area contributed by atoms with Gasteiger partial charge in [0.25, 0.3) is 0 Å². The summed E-state index contributed by atoms with van der Waals surface area (Å²) in [7, 11) is 0. The van der Waals surface area contributed by atoms with Crippen LogP contribution in [-0.2, 0) is 9.59 Å². The van der Waals surface area contributed by atoms with E-state index < -0.39 is 18.6 Å². The number of amides is 2. The van der Waals surface area contributed by atoms with Gasteiger partial charge in [-0.2, -0.15) is 13.2 Å². The van der Waals surface area contributed by atoms with Gasteiger partial charge < -0.3 is 10.2 Å². The van der Waals surface area contributed by atoms with E-state index in [0.717, 1.165) is 17.7 Å². The third-order valence-electron chi connectivity index (χ3n) is 4.44. The van der Waals surface area contributed by atoms with Gasteiger partial charge >= 0.3 is 6.18 Å². The summed E-state index contributed by atoms with van der Waals surface area (Å²) in [5.41, 5.74) is 0. The van der Waals surface area contributed by atoms with E-state index in [1.165, 1.54) is 0 Å². The molecule has 1 heterocycles. The van der Waals surface area contributed by atoms with E-state index >= 15 is 0 Å². The molecule has 1 aliphatic heterocycles. The number of nitrogens with one attached hydrogen (secondary N) is 1. The Morgan fingerprint density at radius 3 is 2.08 bits per heavy atom. The topological polar surface area (TPSA) is 55.9 Å². The van der Waals surface area contributed by atoms with Gasteiger partial charge in [0, 0.05) is 38.8 Å². The van der Waals surface area contributed by atoms with Crippen molar-refractivity contribution in [3.05, 3.63) is 0 Å². The summed E-state index contributed by atoms with van der Waals surface area (Å²) < 4.78 is 38.1. The molecule has 0 bridgehead atoms. The summed E-state index contributed by atoms with van der Waals surface area (Å²) in [6.07, 6.45) is -2.29. The quantitative estimate of drug-likeness (QED) is 0.683. The van der Waals surface area contributed by atoms with E-state index in [1.54, 1.807) is 13.8 Å². The highest BCUT2D eigenvalue weighted by atomic mass is 19.4. The van der Waals surface area contributed by atoms with Crippen LogP contribution in [0.2, 0.25) is 0 Å². The van der Waals surface area contributed by atoms with Crippen molar-refractivity contribution in [2.24, 2.45) is 5.92 Å². The number of carbonyl (C=O) groups is 2. The van der Waals surface area contributed by atoms with Crippen LogP contribution in [0.3, 0.4) is 0 Å². The van der Waals surface area contributed by atoms with Gasteiger partial charge in [0.15, 0.2) is 0 Å². The minimum absolute atomic E-state index is 0.00902. The zero-order valence-corrected chi connectivity index (χ0v) is 15.5. The van der Waals surface area contributed by atoms with E-state index in [9.17, 15) is 22.8 Å². The van der Waals surface area contributed by atoms with Gasteiger partial charge in [-0.25, -0.2) is 0 Å². The minimum Gasteiger partial charge on any atom is -0.352 e. The molecule has 0 aromatic carbocycles. The van der Waals surface area contributed by atoms with Crippen molar-refractivity contribution in [2.45, 2.75) is 38.9 Å². The lowest BCUT2D eigenvalue weighted by atomic mass is 10.2. The Bertz CT molecular complexity index is 487. The molecule has 2 amide bonds. The Hall–Kier alpha value is -1.35. The van der Waals surface area contributed by atoms with Gasteiger partial charge in [0.1, 0.15) is 6.54 Å². The molecule has 1 saturated carbocycles. The summed E-state index contributed by atoms with van der Waals surface area (Å²) in [6.45, 7) is 5.23. The molecule has 2 fully saturated rings. The van der Waals surface area contributed by atoms with E-state index in [0.29, 0.717) is 38.8 Å². The van der Waals surface area contributed by atoms with Crippen LogP contribution in [-0.4, -0.2) is 91.1 Å². The lowest BCUT2D eigenvalue weighted by molar-refractivity contribution is -0.163. The average molecular weight is 378 g/mol. The Kier molecular flexibility index (Phi) is 7.28. The maximum absolute atomic E-state index is 12.7. The third-order valence-corrected chi connectivity index (χ3v) is 4.44. The van der Waals surface area contributed by atoms with Crippen LogP contribution in [0, 0.1) is 5.92 Å². The van der Waals surface area contributed by atoms with Crippen molar-refractivity contribution in [1.29, 1.82) is 0 Å². The molecular formula is C17H29F3N4O2. The standard InChI is InChI=1S/C17H29F3N4O2/c1-13(2)9-24(12-17(18,19)20)16(26)11-23-7-5-22(6-8-23)10-15(25)21-14-3-4-14/h13-14H,3-12H2,1-2H3,(H,21,25). The second-order valence-corrected chi connectivity index (χ2v) is 7.68. The van der Waals surface area contributed by atoms with E-state index in [4.69, 9.17) is 0 Å². The monoisotopic (exact) mass is 378 g/mol. The number of hydrogen-bond acceptors (Lipinski definition) is 4. The summed E-state index contributed by atoms with van der Waals surface area (Å²) in [5.74, 6) is -0.496. The van der Waals surface area contributed by atoms with Crippen molar-refractivity contribution in [1.82, 2.24) is 20.0 Å². The van der Waals surface area contributed by atoms with Crippen LogP contribution >= 0.6 is 0 Å². The SMILES string of the molecule is CC(C)CN(CC(F)(F)F)C(=O)CN1CCN(CC(=O)NC2CC2)CC1. The highest BCUT2D eigenvalue weighted by Crippen LogP contribution is 2.19. The van der Waals surface area contributed by atoms with Crippen molar-refractivity contribution in [3.63, 3.8) is 0 Å². The summed E-state index contributed by atoms with van der Waals surface area (Å²) in [4.78, 5) is 28.9. The number of nitrogens with zero attached hydrogens (tertiary/aromatic N) is 3. The van der Waals surface area contributed by atoms with Gasteiger partial charge in [-0.3, -0.25) is 19.4 Å². The van der Waals surface area contributed by atoms with Gasteiger partial charge in [-0.05, 0) is 18.8 Å². The number of hydrogen-bond donors (Lipinski definition) is 1. The molecule has 0 radical (unpaired) electrons. The van der Waals surface area contributed by atoms with Crippen LogP contribution < -0.4 is 5.32 Å². The van der Waals surface area contributed by atoms with Crippen LogP contribution in [0.4, 0.5) is 13.2 Å². The first-order valence-corrected chi connectivity index (χ1v) is 9.21. The molecule has 26 heavy (non-hydrogen) atoms. The molecule has 0 aromatic heterocycles. The van der Waals surface area contributed by atoms with Crippen molar-refractivity contribution in [2.75, 3.05) is 52.4 Å². The number of piperazine rings is 1. The first kappa shape index (κ1) is 21.0. The molecule has 1 aliphatic carbocycles. The van der Waals surface area contributed by atoms with Crippen molar-refractivity contribution in [3.8, 4) is 0 Å². The second kappa shape index (κ2) is 9.03. The molecule has 2 rings (SSSR count). The molecule has 9 heteroatoms. The molecule has 1 saturated heterocycles. The average Bonchev–Trinajstić information content (AvgIpc) is 3.30. The highest BCUT2D eigenvalue weighted by Gasteiger charge is 2.34. The summed E-state index contributed by atoms with van der Waals surface area (Å²) in [6, 6.07) is 0.335. The molecule has 0 spiro atoms. The third kappa shape index (κ3) is 7.90. The normalized spacial score (nSPS) is 19.6. The lowest BCUT2D eigenvalue weighted by Gasteiger charge is -2.35. The van der Waals surface area contributed by atoms with Crippen LogP contribution in [0.15, 0.2) is 0 Å². The van der Waals surface area contributed by atoms with Gasteiger partial charge in [-0.1, -0.05) is 13.8 Å². The summed E-state index contributed by atoms with van der Waals surface area (Å²) in [5, 5.41) is 2.94. The smallest absolute Gasteiger partial charge is 0.352 e. The summed E-state index contributed by atoms with van der Waals surface area (Å²) >= 11 is 0. The zero-order valence-electron chi connectivity index (χ0n) is 15.5. The Morgan fingerprint density at radius 2 is 1.62 bits per heavy atom. The minimum atomic E-state index is -4.39. The Balaban J connectivity index is 1.75. The number of rotatable bonds is 8. The second-order valence-electron chi connectivity index (χ2n) is 7.68. The van der Waals surface area contributed by atoms with Crippen LogP contribution in [0.5, 0.6) is 0 Å². The zero-order chi connectivity index (χ0) is 19.3. The lowest BCUT2D eigenvalue weighted by Crippen LogP contribution is -2.53. The molecule has 6 nitrogen and oxygen atoms in total. The van der Waals surface area contributed by atoms with Crippen molar-refractivity contribution >= 4 is 11.8 Å². The Labute approximate surface area is 152 Å².